The minimum Gasteiger partial charge on any atom is -0.327 e. The van der Waals surface area contributed by atoms with E-state index in [0.29, 0.717) is 12.1 Å². The Kier molecular flexibility index (Phi) is 5.77. The van der Waals surface area contributed by atoms with Crippen molar-refractivity contribution in [1.82, 2.24) is 4.90 Å². The van der Waals surface area contributed by atoms with Crippen molar-refractivity contribution in [1.29, 1.82) is 0 Å². The molecular weight excluding hydrogens is 196 g/mol. The molecule has 0 bridgehead atoms. The van der Waals surface area contributed by atoms with E-state index in [1.54, 1.807) is 0 Å². The van der Waals surface area contributed by atoms with Gasteiger partial charge in [-0.2, -0.15) is 0 Å². The van der Waals surface area contributed by atoms with E-state index in [1.165, 1.54) is 38.6 Å². The van der Waals surface area contributed by atoms with Gasteiger partial charge in [-0.1, -0.05) is 26.7 Å². The average Bonchev–Trinajstić information content (AvgIpc) is 2.20. The van der Waals surface area contributed by atoms with Crippen LogP contribution in [0.2, 0.25) is 0 Å². The summed E-state index contributed by atoms with van der Waals surface area (Å²) in [5, 5.41) is 0. The monoisotopic (exact) mass is 226 g/mol. The van der Waals surface area contributed by atoms with Crippen molar-refractivity contribution in [2.45, 2.75) is 65.0 Å². The summed E-state index contributed by atoms with van der Waals surface area (Å²) in [5.41, 5.74) is 6.20. The lowest BCUT2D eigenvalue weighted by atomic mass is 9.84. The molecule has 1 saturated carbocycles. The normalized spacial score (nSPS) is 28.7. The number of hydrogen-bond donors (Lipinski definition) is 1. The van der Waals surface area contributed by atoms with Gasteiger partial charge in [-0.05, 0) is 45.1 Å². The molecule has 1 fully saturated rings. The summed E-state index contributed by atoms with van der Waals surface area (Å²) in [6.07, 6.45) is 6.57. The molecule has 0 amide bonds. The molecule has 96 valence electrons. The number of hydrogen-bond acceptors (Lipinski definition) is 2. The van der Waals surface area contributed by atoms with Crippen LogP contribution in [0.4, 0.5) is 0 Å². The first-order chi connectivity index (χ1) is 7.50. The van der Waals surface area contributed by atoms with E-state index in [4.69, 9.17) is 5.73 Å². The van der Waals surface area contributed by atoms with Crippen LogP contribution in [0.1, 0.15) is 52.9 Å². The van der Waals surface area contributed by atoms with Crippen molar-refractivity contribution in [2.24, 2.45) is 17.6 Å². The van der Waals surface area contributed by atoms with Crippen LogP contribution in [-0.2, 0) is 0 Å². The van der Waals surface area contributed by atoms with Gasteiger partial charge in [0.25, 0.3) is 0 Å². The van der Waals surface area contributed by atoms with Gasteiger partial charge in [0.2, 0.25) is 0 Å². The predicted molar refractivity (Wildman–Crippen MR) is 71.5 cm³/mol. The van der Waals surface area contributed by atoms with Gasteiger partial charge >= 0.3 is 0 Å². The molecule has 0 spiro atoms. The van der Waals surface area contributed by atoms with Crippen LogP contribution in [0.5, 0.6) is 0 Å². The molecule has 0 aromatic rings. The van der Waals surface area contributed by atoms with E-state index in [9.17, 15) is 0 Å². The molecule has 0 saturated heterocycles. The topological polar surface area (TPSA) is 29.3 Å². The molecule has 2 nitrogen and oxygen atoms in total. The minimum atomic E-state index is 0.447. The van der Waals surface area contributed by atoms with Gasteiger partial charge in [-0.15, -0.1) is 0 Å². The SMILES string of the molecule is CC(C)CC(C)N(C)CC1CCCCC1N. The molecule has 3 unspecified atom stereocenters. The molecule has 2 N–H and O–H groups in total. The number of rotatable bonds is 5. The summed E-state index contributed by atoms with van der Waals surface area (Å²) in [6, 6.07) is 1.14. The van der Waals surface area contributed by atoms with Gasteiger partial charge < -0.3 is 10.6 Å². The van der Waals surface area contributed by atoms with Crippen molar-refractivity contribution in [2.75, 3.05) is 13.6 Å². The molecule has 1 aliphatic carbocycles. The fourth-order valence-corrected chi connectivity index (χ4v) is 2.88. The second-order valence-electron chi connectivity index (χ2n) is 6.13. The Morgan fingerprint density at radius 3 is 2.38 bits per heavy atom. The van der Waals surface area contributed by atoms with Crippen LogP contribution in [0.25, 0.3) is 0 Å². The Morgan fingerprint density at radius 1 is 1.19 bits per heavy atom. The molecule has 0 heterocycles. The fraction of sp³-hybridized carbons (Fsp3) is 1.00. The Labute approximate surface area is 102 Å². The van der Waals surface area contributed by atoms with E-state index in [1.807, 2.05) is 0 Å². The van der Waals surface area contributed by atoms with Crippen LogP contribution in [-0.4, -0.2) is 30.6 Å². The first kappa shape index (κ1) is 14.0. The Bertz CT molecular complexity index is 191. The lowest BCUT2D eigenvalue weighted by molar-refractivity contribution is 0.162. The first-order valence-electron chi connectivity index (χ1n) is 6.96. The van der Waals surface area contributed by atoms with E-state index < -0.39 is 0 Å². The highest BCUT2D eigenvalue weighted by Crippen LogP contribution is 2.24. The van der Waals surface area contributed by atoms with Gasteiger partial charge in [-0.3, -0.25) is 0 Å². The van der Waals surface area contributed by atoms with E-state index in [2.05, 4.69) is 32.7 Å². The van der Waals surface area contributed by atoms with Crippen molar-refractivity contribution < 1.29 is 0 Å². The summed E-state index contributed by atoms with van der Waals surface area (Å²) < 4.78 is 0. The molecule has 1 rings (SSSR count). The van der Waals surface area contributed by atoms with Crippen LogP contribution in [0, 0.1) is 11.8 Å². The predicted octanol–water partition coefficient (Wildman–Crippen LogP) is 2.87. The molecule has 3 atom stereocenters. The van der Waals surface area contributed by atoms with Crippen LogP contribution in [0.3, 0.4) is 0 Å². The van der Waals surface area contributed by atoms with Crippen molar-refractivity contribution in [3.63, 3.8) is 0 Å². The second kappa shape index (κ2) is 6.61. The lowest BCUT2D eigenvalue weighted by Crippen LogP contribution is -2.42. The molecule has 2 heteroatoms. The largest absolute Gasteiger partial charge is 0.327 e. The molecular formula is C14H30N2. The fourth-order valence-electron chi connectivity index (χ4n) is 2.88. The van der Waals surface area contributed by atoms with Gasteiger partial charge in [0.1, 0.15) is 0 Å². The van der Waals surface area contributed by atoms with Gasteiger partial charge in [0.05, 0.1) is 0 Å². The van der Waals surface area contributed by atoms with Gasteiger partial charge in [0.15, 0.2) is 0 Å². The highest BCUT2D eigenvalue weighted by atomic mass is 15.1. The number of nitrogens with zero attached hydrogens (tertiary/aromatic N) is 1. The summed E-state index contributed by atoms with van der Waals surface area (Å²) in [5.74, 6) is 1.52. The molecule has 0 aromatic carbocycles. The van der Waals surface area contributed by atoms with Crippen molar-refractivity contribution in [3.8, 4) is 0 Å². The highest BCUT2D eigenvalue weighted by molar-refractivity contribution is 4.81. The van der Waals surface area contributed by atoms with E-state index >= 15 is 0 Å². The van der Waals surface area contributed by atoms with Crippen LogP contribution < -0.4 is 5.73 Å². The number of nitrogens with two attached hydrogens (primary N) is 1. The summed E-state index contributed by atoms with van der Waals surface area (Å²) in [6.45, 7) is 8.14. The molecule has 0 radical (unpaired) electrons. The Hall–Kier alpha value is -0.0800. The summed E-state index contributed by atoms with van der Waals surface area (Å²) >= 11 is 0. The van der Waals surface area contributed by atoms with Crippen LogP contribution in [0.15, 0.2) is 0 Å². The summed E-state index contributed by atoms with van der Waals surface area (Å²) in [4.78, 5) is 2.51. The van der Waals surface area contributed by atoms with Crippen LogP contribution >= 0.6 is 0 Å². The van der Waals surface area contributed by atoms with E-state index in [-0.39, 0.29) is 0 Å². The van der Waals surface area contributed by atoms with Gasteiger partial charge in [0, 0.05) is 18.6 Å². The zero-order chi connectivity index (χ0) is 12.1. The Morgan fingerprint density at radius 2 is 1.81 bits per heavy atom. The maximum absolute atomic E-state index is 6.20. The maximum atomic E-state index is 6.20. The minimum absolute atomic E-state index is 0.447. The molecule has 16 heavy (non-hydrogen) atoms. The van der Waals surface area contributed by atoms with Gasteiger partial charge in [-0.25, -0.2) is 0 Å². The smallest absolute Gasteiger partial charge is 0.00793 e. The highest BCUT2D eigenvalue weighted by Gasteiger charge is 2.24. The zero-order valence-corrected chi connectivity index (χ0v) is 11.6. The quantitative estimate of drug-likeness (QED) is 0.781. The Balaban J connectivity index is 2.34. The second-order valence-corrected chi connectivity index (χ2v) is 6.13. The first-order valence-corrected chi connectivity index (χ1v) is 6.96. The molecule has 1 aliphatic rings. The third-order valence-electron chi connectivity index (χ3n) is 4.06. The van der Waals surface area contributed by atoms with Crippen molar-refractivity contribution in [3.05, 3.63) is 0 Å². The van der Waals surface area contributed by atoms with Crippen molar-refractivity contribution >= 4 is 0 Å². The molecule has 0 aliphatic heterocycles. The summed E-state index contributed by atoms with van der Waals surface area (Å²) in [7, 11) is 2.26. The molecule has 0 aromatic heterocycles. The lowest BCUT2D eigenvalue weighted by Gasteiger charge is -2.35. The van der Waals surface area contributed by atoms with E-state index in [0.717, 1.165) is 11.8 Å². The average molecular weight is 226 g/mol. The zero-order valence-electron chi connectivity index (χ0n) is 11.6. The maximum Gasteiger partial charge on any atom is 0.00793 e. The third kappa shape index (κ3) is 4.42. The standard InChI is InChI=1S/C14H30N2/c1-11(2)9-12(3)16(4)10-13-7-5-6-8-14(13)15/h11-14H,5-10,15H2,1-4H3. The third-order valence-corrected chi connectivity index (χ3v) is 4.06.